The number of carbonyl (C=O) groups excluding carboxylic acids is 3. The average molecular weight is 511 g/mol. The Hall–Kier alpha value is -4.57. The molecule has 0 saturated heterocycles. The van der Waals surface area contributed by atoms with E-state index in [2.05, 4.69) is 21.2 Å². The van der Waals surface area contributed by atoms with Gasteiger partial charge < -0.3 is 24.8 Å². The lowest BCUT2D eigenvalue weighted by Crippen LogP contribution is -2.32. The van der Waals surface area contributed by atoms with Crippen LogP contribution in [0.3, 0.4) is 0 Å². The molecule has 3 aromatic carbocycles. The summed E-state index contributed by atoms with van der Waals surface area (Å²) in [5.74, 6) is -1.12. The van der Waals surface area contributed by atoms with Gasteiger partial charge in [0.2, 0.25) is 0 Å². The summed E-state index contributed by atoms with van der Waals surface area (Å²) < 4.78 is 16.1. The number of anilines is 2. The zero-order valence-corrected chi connectivity index (χ0v) is 20.2. The van der Waals surface area contributed by atoms with E-state index in [4.69, 9.17) is 25.8 Å². The molecule has 3 N–H and O–H groups in total. The normalized spacial score (nSPS) is 10.4. The zero-order valence-electron chi connectivity index (χ0n) is 19.4. The molecule has 0 aromatic heterocycles. The SMILES string of the molecule is COc1ccc(NC(=O)COc2c(/C=N\NC(=O)C(=O)Nc3ccccc3Cl)cccc2OC)cc1. The smallest absolute Gasteiger partial charge is 0.329 e. The summed E-state index contributed by atoms with van der Waals surface area (Å²) in [5, 5.41) is 9.20. The third-order valence-corrected chi connectivity index (χ3v) is 4.98. The fourth-order valence-corrected chi connectivity index (χ4v) is 3.09. The number of halogens is 1. The molecule has 3 amide bonds. The van der Waals surface area contributed by atoms with Gasteiger partial charge in [0.25, 0.3) is 5.91 Å². The van der Waals surface area contributed by atoms with Crippen LogP contribution >= 0.6 is 11.6 Å². The van der Waals surface area contributed by atoms with E-state index in [9.17, 15) is 14.4 Å². The zero-order chi connectivity index (χ0) is 25.9. The number of carbonyl (C=O) groups is 3. The van der Waals surface area contributed by atoms with Crippen LogP contribution in [-0.4, -0.2) is 44.8 Å². The number of nitrogens with zero attached hydrogens (tertiary/aromatic N) is 1. The summed E-state index contributed by atoms with van der Waals surface area (Å²) in [6.45, 7) is -0.320. The van der Waals surface area contributed by atoms with Gasteiger partial charge in [0.1, 0.15) is 5.75 Å². The Morgan fingerprint density at radius 1 is 0.889 bits per heavy atom. The number of amides is 3. The highest BCUT2D eigenvalue weighted by Gasteiger charge is 2.15. The van der Waals surface area contributed by atoms with Crippen LogP contribution < -0.4 is 30.3 Å². The second-order valence-electron chi connectivity index (χ2n) is 7.08. The summed E-state index contributed by atoms with van der Waals surface area (Å²) in [5.41, 5.74) is 3.40. The van der Waals surface area contributed by atoms with Gasteiger partial charge in [-0.3, -0.25) is 14.4 Å². The number of para-hydroxylation sites is 2. The van der Waals surface area contributed by atoms with Crippen LogP contribution in [0.4, 0.5) is 11.4 Å². The summed E-state index contributed by atoms with van der Waals surface area (Å²) in [6.07, 6.45) is 1.26. The Balaban J connectivity index is 1.61. The maximum Gasteiger partial charge on any atom is 0.329 e. The summed E-state index contributed by atoms with van der Waals surface area (Å²) in [4.78, 5) is 36.5. The van der Waals surface area contributed by atoms with Crippen molar-refractivity contribution in [3.05, 3.63) is 77.3 Å². The summed E-state index contributed by atoms with van der Waals surface area (Å²) in [7, 11) is 3.00. The largest absolute Gasteiger partial charge is 0.497 e. The van der Waals surface area contributed by atoms with Crippen LogP contribution in [0.1, 0.15) is 5.56 Å². The molecule has 36 heavy (non-hydrogen) atoms. The number of nitrogens with one attached hydrogen (secondary N) is 3. The standard InChI is InChI=1S/C25H23ClN4O6/c1-34-18-12-10-17(11-13-18)28-22(31)15-36-23-16(6-5-9-21(23)35-2)14-27-30-25(33)24(32)29-20-8-4-3-7-19(20)26/h3-14H,15H2,1-2H3,(H,28,31)(H,29,32)(H,30,33)/b27-14-. The minimum atomic E-state index is -1.00. The van der Waals surface area contributed by atoms with Gasteiger partial charge in [-0.15, -0.1) is 0 Å². The van der Waals surface area contributed by atoms with Crippen LogP contribution in [-0.2, 0) is 14.4 Å². The Labute approximate surface area is 212 Å². The molecule has 0 aliphatic heterocycles. The number of benzene rings is 3. The first kappa shape index (κ1) is 26.0. The molecule has 0 atom stereocenters. The molecule has 0 fully saturated rings. The van der Waals surface area contributed by atoms with Crippen molar-refractivity contribution in [2.24, 2.45) is 5.10 Å². The Morgan fingerprint density at radius 2 is 1.64 bits per heavy atom. The molecule has 0 heterocycles. The van der Waals surface area contributed by atoms with Crippen LogP contribution in [0.15, 0.2) is 71.8 Å². The quantitative estimate of drug-likeness (QED) is 0.230. The minimum Gasteiger partial charge on any atom is -0.497 e. The average Bonchev–Trinajstić information content (AvgIpc) is 2.89. The van der Waals surface area contributed by atoms with Crippen LogP contribution in [0.2, 0.25) is 5.02 Å². The first-order valence-electron chi connectivity index (χ1n) is 10.5. The first-order valence-corrected chi connectivity index (χ1v) is 10.9. The molecule has 0 spiro atoms. The molecular formula is C25H23ClN4O6. The fraction of sp³-hybridized carbons (Fsp3) is 0.120. The number of hydrazone groups is 1. The highest BCUT2D eigenvalue weighted by molar-refractivity contribution is 6.41. The molecule has 3 aromatic rings. The molecule has 0 bridgehead atoms. The van der Waals surface area contributed by atoms with Crippen molar-refractivity contribution in [1.29, 1.82) is 0 Å². The van der Waals surface area contributed by atoms with Crippen molar-refractivity contribution < 1.29 is 28.6 Å². The number of methoxy groups -OCH3 is 2. The molecule has 11 heteroatoms. The molecule has 0 radical (unpaired) electrons. The monoisotopic (exact) mass is 510 g/mol. The second-order valence-corrected chi connectivity index (χ2v) is 7.48. The van der Waals surface area contributed by atoms with Crippen molar-refractivity contribution in [3.8, 4) is 17.2 Å². The van der Waals surface area contributed by atoms with Crippen LogP contribution in [0, 0.1) is 0 Å². The van der Waals surface area contributed by atoms with Gasteiger partial charge in [0.15, 0.2) is 18.1 Å². The van der Waals surface area contributed by atoms with E-state index in [-0.39, 0.29) is 17.4 Å². The third-order valence-electron chi connectivity index (χ3n) is 4.65. The predicted molar refractivity (Wildman–Crippen MR) is 136 cm³/mol. The van der Waals surface area contributed by atoms with Crippen LogP contribution in [0.25, 0.3) is 0 Å². The Bertz CT molecular complexity index is 1260. The van der Waals surface area contributed by atoms with E-state index in [1.165, 1.54) is 13.3 Å². The number of hydrogen-bond donors (Lipinski definition) is 3. The van der Waals surface area contributed by atoms with Gasteiger partial charge in [-0.25, -0.2) is 5.43 Å². The summed E-state index contributed by atoms with van der Waals surface area (Å²) in [6, 6.07) is 18.3. The van der Waals surface area contributed by atoms with Gasteiger partial charge in [-0.1, -0.05) is 29.8 Å². The van der Waals surface area contributed by atoms with E-state index in [1.807, 2.05) is 0 Å². The third kappa shape index (κ3) is 7.21. The highest BCUT2D eigenvalue weighted by Crippen LogP contribution is 2.30. The van der Waals surface area contributed by atoms with Crippen molar-refractivity contribution in [1.82, 2.24) is 5.43 Å². The molecular weight excluding hydrogens is 488 g/mol. The molecule has 0 saturated carbocycles. The van der Waals surface area contributed by atoms with Crippen molar-refractivity contribution >= 4 is 46.9 Å². The van der Waals surface area contributed by atoms with Gasteiger partial charge in [0, 0.05) is 11.3 Å². The molecule has 0 aliphatic carbocycles. The topological polar surface area (TPSA) is 127 Å². The van der Waals surface area contributed by atoms with E-state index in [0.29, 0.717) is 28.4 Å². The fourth-order valence-electron chi connectivity index (χ4n) is 2.91. The maximum absolute atomic E-state index is 12.4. The summed E-state index contributed by atoms with van der Waals surface area (Å²) >= 11 is 5.98. The van der Waals surface area contributed by atoms with Crippen molar-refractivity contribution in [2.45, 2.75) is 0 Å². The molecule has 186 valence electrons. The predicted octanol–water partition coefficient (Wildman–Crippen LogP) is 3.46. The molecule has 3 rings (SSSR count). The highest BCUT2D eigenvalue weighted by atomic mass is 35.5. The van der Waals surface area contributed by atoms with Gasteiger partial charge in [0.05, 0.1) is 31.1 Å². The lowest BCUT2D eigenvalue weighted by Gasteiger charge is -2.13. The van der Waals surface area contributed by atoms with E-state index in [1.54, 1.807) is 73.8 Å². The first-order chi connectivity index (χ1) is 17.4. The van der Waals surface area contributed by atoms with E-state index < -0.39 is 17.7 Å². The lowest BCUT2D eigenvalue weighted by atomic mass is 10.2. The number of rotatable bonds is 9. The lowest BCUT2D eigenvalue weighted by molar-refractivity contribution is -0.136. The molecule has 10 nitrogen and oxygen atoms in total. The minimum absolute atomic E-state index is 0.225. The molecule has 0 unspecified atom stereocenters. The maximum atomic E-state index is 12.4. The number of hydrogen-bond acceptors (Lipinski definition) is 7. The van der Waals surface area contributed by atoms with Gasteiger partial charge in [-0.2, -0.15) is 5.10 Å². The van der Waals surface area contributed by atoms with Crippen molar-refractivity contribution in [2.75, 3.05) is 31.5 Å². The van der Waals surface area contributed by atoms with Gasteiger partial charge in [-0.05, 0) is 48.5 Å². The van der Waals surface area contributed by atoms with Gasteiger partial charge >= 0.3 is 11.8 Å². The second kappa shape index (κ2) is 12.8. The van der Waals surface area contributed by atoms with E-state index >= 15 is 0 Å². The Morgan fingerprint density at radius 3 is 2.33 bits per heavy atom. The number of ether oxygens (including phenoxy) is 3. The Kier molecular flexibility index (Phi) is 9.24. The van der Waals surface area contributed by atoms with Crippen molar-refractivity contribution in [3.63, 3.8) is 0 Å². The van der Waals surface area contributed by atoms with Crippen LogP contribution in [0.5, 0.6) is 17.2 Å². The molecule has 0 aliphatic rings. The van der Waals surface area contributed by atoms with E-state index in [0.717, 1.165) is 0 Å².